The summed E-state index contributed by atoms with van der Waals surface area (Å²) < 4.78 is 2.50. The topological polar surface area (TPSA) is 29.9 Å². The van der Waals surface area contributed by atoms with Crippen LogP contribution < -0.4 is 5.32 Å². The largest absolute Gasteiger partial charge is 0.344 e. The van der Waals surface area contributed by atoms with Crippen molar-refractivity contribution in [2.24, 2.45) is 0 Å². The van der Waals surface area contributed by atoms with Crippen LogP contribution in [0.2, 0.25) is 0 Å². The molecule has 3 aromatic rings. The van der Waals surface area contributed by atoms with Gasteiger partial charge in [0.25, 0.3) is 0 Å². The summed E-state index contributed by atoms with van der Waals surface area (Å²) in [6, 6.07) is 14.9. The van der Waals surface area contributed by atoms with Crippen molar-refractivity contribution < 1.29 is 0 Å². The number of hydrogen-bond acceptors (Lipinski definition) is 2. The number of nitrogens with zero attached hydrogens (tertiary/aromatic N) is 2. The zero-order valence-electron chi connectivity index (χ0n) is 12.0. The molecule has 0 unspecified atom stereocenters. The second-order valence-corrected chi connectivity index (χ2v) is 5.59. The first kappa shape index (κ1) is 12.6. The molecular weight excluding hydrogens is 258 g/mol. The predicted molar refractivity (Wildman–Crippen MR) is 85.3 cm³/mol. The van der Waals surface area contributed by atoms with E-state index in [1.165, 1.54) is 22.2 Å². The molecule has 3 heterocycles. The molecule has 0 fully saturated rings. The second kappa shape index (κ2) is 5.34. The average Bonchev–Trinajstić information content (AvgIpc) is 2.88. The number of fused-ring (bicyclic) bond motifs is 3. The predicted octanol–water partition coefficient (Wildman–Crippen LogP) is 2.92. The van der Waals surface area contributed by atoms with Crippen LogP contribution in [0.3, 0.4) is 0 Å². The van der Waals surface area contributed by atoms with E-state index in [-0.39, 0.29) is 0 Å². The molecular formula is C18H19N3. The fourth-order valence-corrected chi connectivity index (χ4v) is 3.36. The zero-order chi connectivity index (χ0) is 14.1. The molecule has 0 aliphatic carbocycles. The van der Waals surface area contributed by atoms with Gasteiger partial charge in [0.15, 0.2) is 0 Å². The van der Waals surface area contributed by atoms with Crippen LogP contribution in [0.5, 0.6) is 0 Å². The lowest BCUT2D eigenvalue weighted by molar-refractivity contribution is 0.592. The first-order valence-corrected chi connectivity index (χ1v) is 7.63. The minimum Gasteiger partial charge on any atom is -0.344 e. The van der Waals surface area contributed by atoms with E-state index in [4.69, 9.17) is 0 Å². The fourth-order valence-electron chi connectivity index (χ4n) is 3.36. The van der Waals surface area contributed by atoms with E-state index in [0.29, 0.717) is 0 Å². The summed E-state index contributed by atoms with van der Waals surface area (Å²) in [6.45, 7) is 3.08. The van der Waals surface area contributed by atoms with E-state index in [2.05, 4.69) is 51.3 Å². The normalized spacial score (nSPS) is 14.3. The lowest BCUT2D eigenvalue weighted by Gasteiger charge is -2.17. The molecule has 1 N–H and O–H groups in total. The molecule has 21 heavy (non-hydrogen) atoms. The van der Waals surface area contributed by atoms with Crippen LogP contribution in [-0.4, -0.2) is 16.1 Å². The molecule has 0 atom stereocenters. The molecule has 3 heteroatoms. The Morgan fingerprint density at radius 2 is 2.00 bits per heavy atom. The minimum atomic E-state index is 0.985. The summed E-state index contributed by atoms with van der Waals surface area (Å²) in [5, 5.41) is 4.90. The van der Waals surface area contributed by atoms with Crippen molar-refractivity contribution in [1.82, 2.24) is 14.9 Å². The highest BCUT2D eigenvalue weighted by molar-refractivity contribution is 5.85. The van der Waals surface area contributed by atoms with E-state index in [0.717, 1.165) is 38.2 Å². The summed E-state index contributed by atoms with van der Waals surface area (Å²) in [7, 11) is 0. The third-order valence-corrected chi connectivity index (χ3v) is 4.35. The van der Waals surface area contributed by atoms with Crippen molar-refractivity contribution in [2.45, 2.75) is 25.9 Å². The van der Waals surface area contributed by atoms with Crippen molar-refractivity contribution in [3.63, 3.8) is 0 Å². The quantitative estimate of drug-likeness (QED) is 0.797. The smallest absolute Gasteiger partial charge is 0.0486 e. The number of para-hydroxylation sites is 1. The monoisotopic (exact) mass is 277 g/mol. The number of pyridine rings is 1. The zero-order valence-corrected chi connectivity index (χ0v) is 12.0. The van der Waals surface area contributed by atoms with Crippen molar-refractivity contribution in [3.8, 4) is 0 Å². The first-order chi connectivity index (χ1) is 10.4. The van der Waals surface area contributed by atoms with Crippen LogP contribution >= 0.6 is 0 Å². The average molecular weight is 277 g/mol. The highest BCUT2D eigenvalue weighted by Gasteiger charge is 2.19. The van der Waals surface area contributed by atoms with Gasteiger partial charge in [0.2, 0.25) is 0 Å². The molecule has 0 spiro atoms. The maximum Gasteiger partial charge on any atom is 0.0486 e. The minimum absolute atomic E-state index is 0.985. The van der Waals surface area contributed by atoms with Gasteiger partial charge < -0.3 is 9.88 Å². The number of benzene rings is 1. The van der Waals surface area contributed by atoms with Crippen LogP contribution in [0, 0.1) is 0 Å². The molecule has 2 aromatic heterocycles. The van der Waals surface area contributed by atoms with Gasteiger partial charge in [0.1, 0.15) is 0 Å². The Morgan fingerprint density at radius 3 is 2.90 bits per heavy atom. The molecule has 4 rings (SSSR count). The molecule has 0 radical (unpaired) electrons. The Balaban J connectivity index is 1.74. The van der Waals surface area contributed by atoms with Gasteiger partial charge in [-0.25, -0.2) is 0 Å². The number of aromatic nitrogens is 2. The number of aryl methyl sites for hydroxylation is 2. The summed E-state index contributed by atoms with van der Waals surface area (Å²) in [4.78, 5) is 4.44. The molecule has 106 valence electrons. The molecule has 0 saturated carbocycles. The van der Waals surface area contributed by atoms with Gasteiger partial charge in [-0.3, -0.25) is 4.98 Å². The summed E-state index contributed by atoms with van der Waals surface area (Å²) in [5.74, 6) is 0. The van der Waals surface area contributed by atoms with Gasteiger partial charge in [-0.2, -0.15) is 0 Å². The van der Waals surface area contributed by atoms with E-state index < -0.39 is 0 Å². The Bertz CT molecular complexity index is 759. The fraction of sp³-hybridized carbons (Fsp3) is 0.278. The third-order valence-electron chi connectivity index (χ3n) is 4.35. The Kier molecular flexibility index (Phi) is 3.20. The van der Waals surface area contributed by atoms with Gasteiger partial charge in [-0.15, -0.1) is 0 Å². The number of rotatable bonds is 3. The molecule has 3 nitrogen and oxygen atoms in total. The summed E-state index contributed by atoms with van der Waals surface area (Å²) in [5.41, 5.74) is 5.52. The molecule has 1 aliphatic rings. The highest BCUT2D eigenvalue weighted by atomic mass is 15.0. The Hall–Kier alpha value is -2.13. The van der Waals surface area contributed by atoms with Crippen LogP contribution in [-0.2, 0) is 25.9 Å². The third kappa shape index (κ3) is 2.24. The molecule has 0 saturated heterocycles. The van der Waals surface area contributed by atoms with Gasteiger partial charge >= 0.3 is 0 Å². The standard InChI is InChI=1S/C18H19N3/c1-2-7-17-15(6-1)16-13-19-11-8-18(16)21(17)12-9-14-5-3-4-10-20-14/h1-7,10,19H,8-9,11-13H2. The van der Waals surface area contributed by atoms with Crippen molar-refractivity contribution in [3.05, 3.63) is 65.6 Å². The van der Waals surface area contributed by atoms with E-state index in [9.17, 15) is 0 Å². The van der Waals surface area contributed by atoms with Crippen LogP contribution in [0.25, 0.3) is 10.9 Å². The van der Waals surface area contributed by atoms with Gasteiger partial charge in [0, 0.05) is 61.0 Å². The molecule has 1 aromatic carbocycles. The molecule has 0 amide bonds. The summed E-state index contributed by atoms with van der Waals surface area (Å²) in [6.07, 6.45) is 3.98. The van der Waals surface area contributed by atoms with Crippen molar-refractivity contribution >= 4 is 10.9 Å². The van der Waals surface area contributed by atoms with E-state index >= 15 is 0 Å². The van der Waals surface area contributed by atoms with Gasteiger partial charge in [-0.05, 0) is 23.8 Å². The lowest BCUT2D eigenvalue weighted by atomic mass is 10.1. The van der Waals surface area contributed by atoms with Gasteiger partial charge in [-0.1, -0.05) is 24.3 Å². The number of nitrogens with one attached hydrogen (secondary N) is 1. The van der Waals surface area contributed by atoms with Gasteiger partial charge in [0.05, 0.1) is 0 Å². The van der Waals surface area contributed by atoms with E-state index in [1.54, 1.807) is 0 Å². The Morgan fingerprint density at radius 1 is 1.10 bits per heavy atom. The molecule has 0 bridgehead atoms. The second-order valence-electron chi connectivity index (χ2n) is 5.59. The lowest BCUT2D eigenvalue weighted by Crippen LogP contribution is -2.24. The first-order valence-electron chi connectivity index (χ1n) is 7.63. The maximum absolute atomic E-state index is 4.44. The Labute approximate surface area is 124 Å². The summed E-state index contributed by atoms with van der Waals surface area (Å²) >= 11 is 0. The SMILES string of the molecule is c1ccc(CCn2c3c(c4ccccc42)CNCC3)nc1. The molecule has 1 aliphatic heterocycles. The van der Waals surface area contributed by atoms with Crippen LogP contribution in [0.1, 0.15) is 17.0 Å². The van der Waals surface area contributed by atoms with Crippen molar-refractivity contribution in [2.75, 3.05) is 6.54 Å². The number of hydrogen-bond donors (Lipinski definition) is 1. The van der Waals surface area contributed by atoms with Crippen molar-refractivity contribution in [1.29, 1.82) is 0 Å². The van der Waals surface area contributed by atoms with Crippen LogP contribution in [0.4, 0.5) is 0 Å². The maximum atomic E-state index is 4.44. The van der Waals surface area contributed by atoms with E-state index in [1.807, 2.05) is 12.3 Å². The highest BCUT2D eigenvalue weighted by Crippen LogP contribution is 2.28. The van der Waals surface area contributed by atoms with Crippen LogP contribution in [0.15, 0.2) is 48.7 Å².